The lowest BCUT2D eigenvalue weighted by Crippen LogP contribution is -2.15. The molecule has 0 bridgehead atoms. The van der Waals surface area contributed by atoms with Gasteiger partial charge in [0.2, 0.25) is 5.91 Å². The quantitative estimate of drug-likeness (QED) is 0.610. The van der Waals surface area contributed by atoms with Crippen molar-refractivity contribution in [1.82, 2.24) is 14.5 Å². The third-order valence-corrected chi connectivity index (χ3v) is 5.30. The summed E-state index contributed by atoms with van der Waals surface area (Å²) in [5.74, 6) is 0.254. The summed E-state index contributed by atoms with van der Waals surface area (Å²) in [5.41, 5.74) is 3.43. The lowest BCUT2D eigenvalue weighted by atomic mass is 10.1. The molecule has 0 saturated heterocycles. The highest BCUT2D eigenvalue weighted by Crippen LogP contribution is 2.25. The molecular formula is C18H16Cl2N4OS. The van der Waals surface area contributed by atoms with E-state index in [9.17, 15) is 4.79 Å². The van der Waals surface area contributed by atoms with Crippen molar-refractivity contribution in [1.29, 1.82) is 0 Å². The SMILES string of the molecule is Cc1cccc(-n2ccnc2SCC(=O)Nc2ncc(Cl)cc2Cl)c1C. The number of rotatable bonds is 5. The Hall–Kier alpha value is -2.02. The van der Waals surface area contributed by atoms with E-state index in [4.69, 9.17) is 23.2 Å². The van der Waals surface area contributed by atoms with Crippen LogP contribution in [0.5, 0.6) is 0 Å². The van der Waals surface area contributed by atoms with Crippen LogP contribution in [0, 0.1) is 13.8 Å². The van der Waals surface area contributed by atoms with Crippen LogP contribution in [0.2, 0.25) is 10.0 Å². The highest BCUT2D eigenvalue weighted by atomic mass is 35.5. The number of anilines is 1. The number of pyridine rings is 1. The summed E-state index contributed by atoms with van der Waals surface area (Å²) < 4.78 is 1.98. The van der Waals surface area contributed by atoms with Gasteiger partial charge < -0.3 is 5.32 Å². The van der Waals surface area contributed by atoms with Crippen LogP contribution in [-0.2, 0) is 4.79 Å². The largest absolute Gasteiger partial charge is 0.309 e. The van der Waals surface area contributed by atoms with Crippen LogP contribution in [0.25, 0.3) is 5.69 Å². The molecule has 134 valence electrons. The minimum Gasteiger partial charge on any atom is -0.309 e. The fraction of sp³-hybridized carbons (Fsp3) is 0.167. The van der Waals surface area contributed by atoms with Crippen LogP contribution in [0.3, 0.4) is 0 Å². The smallest absolute Gasteiger partial charge is 0.236 e. The molecule has 0 saturated carbocycles. The van der Waals surface area contributed by atoms with E-state index in [-0.39, 0.29) is 11.7 Å². The molecule has 0 atom stereocenters. The Bertz CT molecular complexity index is 958. The third-order valence-electron chi connectivity index (χ3n) is 3.84. The van der Waals surface area contributed by atoms with E-state index in [0.29, 0.717) is 15.9 Å². The highest BCUT2D eigenvalue weighted by Gasteiger charge is 2.13. The van der Waals surface area contributed by atoms with Gasteiger partial charge in [0, 0.05) is 18.6 Å². The van der Waals surface area contributed by atoms with Crippen LogP contribution in [0.4, 0.5) is 5.82 Å². The first-order valence-electron chi connectivity index (χ1n) is 7.79. The molecule has 0 radical (unpaired) electrons. The van der Waals surface area contributed by atoms with E-state index < -0.39 is 0 Å². The predicted octanol–water partition coefficient (Wildman–Crippen LogP) is 4.92. The van der Waals surface area contributed by atoms with Gasteiger partial charge in [-0.1, -0.05) is 47.1 Å². The molecule has 3 rings (SSSR count). The predicted molar refractivity (Wildman–Crippen MR) is 107 cm³/mol. The number of benzene rings is 1. The van der Waals surface area contributed by atoms with E-state index in [1.165, 1.54) is 35.2 Å². The lowest BCUT2D eigenvalue weighted by molar-refractivity contribution is -0.113. The monoisotopic (exact) mass is 406 g/mol. The molecule has 1 N–H and O–H groups in total. The second-order valence-electron chi connectivity index (χ2n) is 5.62. The Labute approximate surface area is 165 Å². The topological polar surface area (TPSA) is 59.8 Å². The summed E-state index contributed by atoms with van der Waals surface area (Å²) in [5, 5.41) is 4.13. The van der Waals surface area contributed by atoms with Crippen molar-refractivity contribution in [2.24, 2.45) is 0 Å². The molecule has 0 spiro atoms. The van der Waals surface area contributed by atoms with Crippen LogP contribution >= 0.6 is 35.0 Å². The number of carbonyl (C=O) groups is 1. The maximum absolute atomic E-state index is 12.2. The summed E-state index contributed by atoms with van der Waals surface area (Å²) >= 11 is 13.2. The first-order valence-corrected chi connectivity index (χ1v) is 9.53. The molecule has 0 aliphatic carbocycles. The average Bonchev–Trinajstić information content (AvgIpc) is 3.06. The number of carbonyl (C=O) groups excluding carboxylic acids is 1. The minimum atomic E-state index is -0.220. The first-order chi connectivity index (χ1) is 12.5. The van der Waals surface area contributed by atoms with Crippen molar-refractivity contribution in [3.8, 4) is 5.69 Å². The van der Waals surface area contributed by atoms with Gasteiger partial charge in [-0.3, -0.25) is 9.36 Å². The Morgan fingerprint density at radius 3 is 2.85 bits per heavy atom. The Balaban J connectivity index is 1.70. The zero-order valence-electron chi connectivity index (χ0n) is 14.2. The maximum Gasteiger partial charge on any atom is 0.236 e. The van der Waals surface area contributed by atoms with Crippen LogP contribution in [0.1, 0.15) is 11.1 Å². The molecule has 1 amide bonds. The third kappa shape index (κ3) is 4.20. The van der Waals surface area contributed by atoms with Gasteiger partial charge >= 0.3 is 0 Å². The molecule has 2 heterocycles. The molecule has 26 heavy (non-hydrogen) atoms. The summed E-state index contributed by atoms with van der Waals surface area (Å²) in [4.78, 5) is 20.6. The molecule has 0 aliphatic heterocycles. The van der Waals surface area contributed by atoms with Crippen molar-refractivity contribution in [2.75, 3.05) is 11.1 Å². The van der Waals surface area contributed by atoms with E-state index in [2.05, 4.69) is 35.2 Å². The molecule has 2 aromatic heterocycles. The minimum absolute atomic E-state index is 0.183. The van der Waals surface area contributed by atoms with E-state index in [1.807, 2.05) is 22.9 Å². The van der Waals surface area contributed by atoms with Crippen molar-refractivity contribution >= 4 is 46.7 Å². The Morgan fingerprint density at radius 1 is 1.27 bits per heavy atom. The average molecular weight is 407 g/mol. The van der Waals surface area contributed by atoms with Gasteiger partial charge in [0.05, 0.1) is 21.5 Å². The maximum atomic E-state index is 12.2. The summed E-state index contributed by atoms with van der Waals surface area (Å²) in [6.45, 7) is 4.14. The number of imidazole rings is 1. The van der Waals surface area contributed by atoms with E-state index >= 15 is 0 Å². The summed E-state index contributed by atoms with van der Waals surface area (Å²) in [6.07, 6.45) is 5.04. The molecule has 1 aromatic carbocycles. The number of aryl methyl sites for hydroxylation is 1. The Morgan fingerprint density at radius 2 is 2.08 bits per heavy atom. The number of nitrogens with zero attached hydrogens (tertiary/aromatic N) is 3. The normalized spacial score (nSPS) is 10.8. The standard InChI is InChI=1S/C18H16Cl2N4OS/c1-11-4-3-5-15(12(11)2)24-7-6-21-18(24)26-10-16(25)23-17-14(20)8-13(19)9-22-17/h3-9H,10H2,1-2H3,(H,22,23,25). The number of aromatic nitrogens is 3. The van der Waals surface area contributed by atoms with Crippen LogP contribution in [-0.4, -0.2) is 26.2 Å². The zero-order valence-corrected chi connectivity index (χ0v) is 16.5. The Kier molecular flexibility index (Phi) is 5.86. The fourth-order valence-electron chi connectivity index (χ4n) is 2.38. The molecule has 5 nitrogen and oxygen atoms in total. The van der Waals surface area contributed by atoms with Crippen molar-refractivity contribution in [3.05, 3.63) is 64.0 Å². The number of nitrogens with one attached hydrogen (secondary N) is 1. The van der Waals surface area contributed by atoms with Crippen LogP contribution in [0.15, 0.2) is 48.0 Å². The number of thioether (sulfide) groups is 1. The van der Waals surface area contributed by atoms with Gasteiger partial charge in [-0.05, 0) is 37.1 Å². The number of amides is 1. The lowest BCUT2D eigenvalue weighted by Gasteiger charge is -2.12. The molecule has 0 aliphatic rings. The summed E-state index contributed by atoms with van der Waals surface area (Å²) in [7, 11) is 0. The molecular weight excluding hydrogens is 391 g/mol. The second-order valence-corrected chi connectivity index (χ2v) is 7.41. The van der Waals surface area contributed by atoms with Gasteiger partial charge in [-0.15, -0.1) is 0 Å². The van der Waals surface area contributed by atoms with Gasteiger partial charge in [-0.25, -0.2) is 9.97 Å². The van der Waals surface area contributed by atoms with Gasteiger partial charge in [0.1, 0.15) is 0 Å². The molecule has 3 aromatic rings. The molecule has 0 unspecified atom stereocenters. The van der Waals surface area contributed by atoms with Crippen LogP contribution < -0.4 is 5.32 Å². The molecule has 0 fully saturated rings. The summed E-state index contributed by atoms with van der Waals surface area (Å²) in [6, 6.07) is 7.64. The number of hydrogen-bond donors (Lipinski definition) is 1. The van der Waals surface area contributed by atoms with Gasteiger partial charge in [-0.2, -0.15) is 0 Å². The zero-order chi connectivity index (χ0) is 18.7. The van der Waals surface area contributed by atoms with E-state index in [0.717, 1.165) is 10.8 Å². The van der Waals surface area contributed by atoms with Crippen molar-refractivity contribution < 1.29 is 4.79 Å². The van der Waals surface area contributed by atoms with E-state index in [1.54, 1.807) is 6.20 Å². The van der Waals surface area contributed by atoms with Gasteiger partial charge in [0.25, 0.3) is 0 Å². The van der Waals surface area contributed by atoms with Crippen molar-refractivity contribution in [2.45, 2.75) is 19.0 Å². The highest BCUT2D eigenvalue weighted by molar-refractivity contribution is 7.99. The van der Waals surface area contributed by atoms with Crippen molar-refractivity contribution in [3.63, 3.8) is 0 Å². The van der Waals surface area contributed by atoms with Gasteiger partial charge in [0.15, 0.2) is 11.0 Å². The molecule has 8 heteroatoms. The first kappa shape index (κ1) is 18.8. The fourth-order valence-corrected chi connectivity index (χ4v) is 3.57. The second kappa shape index (κ2) is 8.12. The number of hydrogen-bond acceptors (Lipinski definition) is 4. The number of halogens is 2.